The summed E-state index contributed by atoms with van der Waals surface area (Å²) in [6.45, 7) is 2.95. The monoisotopic (exact) mass is 238 g/mol. The topological polar surface area (TPSA) is 56.0 Å². The molecule has 0 spiro atoms. The van der Waals surface area contributed by atoms with Crippen LogP contribution in [0, 0.1) is 23.2 Å². The average Bonchev–Trinajstić information content (AvgIpc) is 3.02. The lowest BCUT2D eigenvalue weighted by molar-refractivity contribution is 0.437. The predicted molar refractivity (Wildman–Crippen MR) is 68.0 cm³/mol. The highest BCUT2D eigenvalue weighted by Crippen LogP contribution is 2.39. The number of rotatable bonds is 6. The van der Waals surface area contributed by atoms with Crippen LogP contribution in [0.4, 0.5) is 0 Å². The van der Waals surface area contributed by atoms with Crippen molar-refractivity contribution < 1.29 is 5.11 Å². The quantitative estimate of drug-likeness (QED) is 0.323. The first-order valence-corrected chi connectivity index (χ1v) is 6.18. The van der Waals surface area contributed by atoms with Crippen molar-refractivity contribution in [2.24, 2.45) is 11.8 Å². The van der Waals surface area contributed by atoms with Gasteiger partial charge < -0.3 is 10.4 Å². The number of hydrogen-bond acceptors (Lipinski definition) is 3. The van der Waals surface area contributed by atoms with Gasteiger partial charge in [-0.05, 0) is 24.8 Å². The van der Waals surface area contributed by atoms with Crippen LogP contribution in [0.25, 0.3) is 0 Å². The fourth-order valence-corrected chi connectivity index (χ4v) is 1.66. The van der Waals surface area contributed by atoms with Gasteiger partial charge in [-0.1, -0.05) is 32.0 Å². The number of thiocarbonyl (C=S) groups is 1. The minimum atomic E-state index is 0.0741. The molecule has 88 valence electrons. The van der Waals surface area contributed by atoms with Crippen molar-refractivity contribution in [1.82, 2.24) is 5.32 Å². The Kier molecular flexibility index (Phi) is 5.27. The first-order valence-electron chi connectivity index (χ1n) is 5.77. The van der Waals surface area contributed by atoms with Crippen molar-refractivity contribution in [3.05, 3.63) is 11.8 Å². The highest BCUT2D eigenvalue weighted by atomic mass is 32.1. The van der Waals surface area contributed by atoms with Crippen molar-refractivity contribution in [2.45, 2.75) is 32.6 Å². The third-order valence-electron chi connectivity index (χ3n) is 2.68. The van der Waals surface area contributed by atoms with E-state index in [9.17, 15) is 5.11 Å². The molecule has 0 bridgehead atoms. The van der Waals surface area contributed by atoms with Crippen LogP contribution in [0.1, 0.15) is 32.6 Å². The zero-order chi connectivity index (χ0) is 12.0. The molecule has 1 fully saturated rings. The molecule has 4 heteroatoms. The Hall–Kier alpha value is -1.08. The molecule has 0 aromatic rings. The lowest BCUT2D eigenvalue weighted by Crippen LogP contribution is -2.24. The van der Waals surface area contributed by atoms with Gasteiger partial charge in [0.1, 0.15) is 10.7 Å². The molecule has 0 aromatic carbocycles. The van der Waals surface area contributed by atoms with Gasteiger partial charge in [0.15, 0.2) is 0 Å². The van der Waals surface area contributed by atoms with Crippen molar-refractivity contribution in [1.29, 1.82) is 5.26 Å². The number of nitrogens with zero attached hydrogens (tertiary/aromatic N) is 1. The Bertz CT molecular complexity index is 319. The van der Waals surface area contributed by atoms with E-state index in [1.54, 1.807) is 6.08 Å². The molecular weight excluding hydrogens is 220 g/mol. The number of aliphatic hydroxyl groups is 1. The molecule has 1 aliphatic carbocycles. The summed E-state index contributed by atoms with van der Waals surface area (Å²) < 4.78 is 0. The molecule has 0 amide bonds. The number of aliphatic hydroxyl groups excluding tert-OH is 1. The number of allylic oxidation sites excluding steroid dienone is 1. The van der Waals surface area contributed by atoms with Gasteiger partial charge in [0.05, 0.1) is 12.0 Å². The van der Waals surface area contributed by atoms with Gasteiger partial charge in [-0.3, -0.25) is 0 Å². The van der Waals surface area contributed by atoms with Gasteiger partial charge in [0.25, 0.3) is 0 Å². The second kappa shape index (κ2) is 6.49. The molecule has 0 aliphatic heterocycles. The van der Waals surface area contributed by atoms with E-state index in [0.717, 1.165) is 19.4 Å². The normalized spacial score (nSPS) is 23.6. The maximum Gasteiger partial charge on any atom is 0.146 e. The van der Waals surface area contributed by atoms with Crippen LogP contribution >= 0.6 is 12.2 Å². The Morgan fingerprint density at radius 3 is 2.94 bits per heavy atom. The Balaban J connectivity index is 2.23. The SMILES string of the molecule is CCCCCNC(=S)C(O)=CC1CC1C#N. The molecule has 2 N–H and O–H groups in total. The summed E-state index contributed by atoms with van der Waals surface area (Å²) >= 11 is 5.04. The standard InChI is InChI=1S/C12H18N2OS/c1-2-3-4-5-14-12(16)11(15)7-9-6-10(9)8-13/h7,9-10,15H,2-6H2,1H3,(H,14,16). The highest BCUT2D eigenvalue weighted by Gasteiger charge is 2.35. The van der Waals surface area contributed by atoms with Crippen LogP contribution < -0.4 is 5.32 Å². The van der Waals surface area contributed by atoms with Gasteiger partial charge in [0, 0.05) is 6.54 Å². The zero-order valence-corrected chi connectivity index (χ0v) is 10.4. The van der Waals surface area contributed by atoms with Crippen molar-refractivity contribution in [2.75, 3.05) is 6.54 Å². The highest BCUT2D eigenvalue weighted by molar-refractivity contribution is 7.80. The maximum atomic E-state index is 9.65. The lowest BCUT2D eigenvalue weighted by Gasteiger charge is -2.06. The predicted octanol–water partition coefficient (Wildman–Crippen LogP) is 2.70. The van der Waals surface area contributed by atoms with Crippen LogP contribution in [0.15, 0.2) is 11.8 Å². The molecule has 2 atom stereocenters. The molecule has 0 heterocycles. The molecule has 1 aliphatic rings. The minimum absolute atomic E-state index is 0.0741. The second-order valence-corrected chi connectivity index (χ2v) is 4.56. The summed E-state index contributed by atoms with van der Waals surface area (Å²) in [6, 6.07) is 2.17. The summed E-state index contributed by atoms with van der Waals surface area (Å²) in [4.78, 5) is 0.402. The first-order chi connectivity index (χ1) is 7.69. The second-order valence-electron chi connectivity index (χ2n) is 4.15. The number of nitriles is 1. The molecule has 1 saturated carbocycles. The first kappa shape index (κ1) is 13.0. The van der Waals surface area contributed by atoms with E-state index in [4.69, 9.17) is 17.5 Å². The molecule has 0 saturated heterocycles. The van der Waals surface area contributed by atoms with Crippen LogP contribution in [-0.2, 0) is 0 Å². The van der Waals surface area contributed by atoms with Crippen molar-refractivity contribution in [3.63, 3.8) is 0 Å². The van der Waals surface area contributed by atoms with E-state index < -0.39 is 0 Å². The molecule has 1 rings (SSSR count). The van der Waals surface area contributed by atoms with Crippen molar-refractivity contribution >= 4 is 17.2 Å². The largest absolute Gasteiger partial charge is 0.505 e. The summed E-state index contributed by atoms with van der Waals surface area (Å²) in [6.07, 6.45) is 5.94. The summed E-state index contributed by atoms with van der Waals surface area (Å²) in [5, 5.41) is 21.3. The minimum Gasteiger partial charge on any atom is -0.505 e. The summed E-state index contributed by atoms with van der Waals surface area (Å²) in [5.41, 5.74) is 0. The molecular formula is C12H18N2OS. The van der Waals surface area contributed by atoms with Gasteiger partial charge in [0.2, 0.25) is 0 Å². The van der Waals surface area contributed by atoms with E-state index in [1.165, 1.54) is 12.8 Å². The van der Waals surface area contributed by atoms with Crippen LogP contribution in [0.5, 0.6) is 0 Å². The van der Waals surface area contributed by atoms with Gasteiger partial charge in [-0.2, -0.15) is 5.26 Å². The van der Waals surface area contributed by atoms with Crippen LogP contribution in [0.3, 0.4) is 0 Å². The number of nitrogens with one attached hydrogen (secondary N) is 1. The summed E-state index contributed by atoms with van der Waals surface area (Å²) in [7, 11) is 0. The van der Waals surface area contributed by atoms with Crippen molar-refractivity contribution in [3.8, 4) is 6.07 Å². The van der Waals surface area contributed by atoms with Gasteiger partial charge in [-0.25, -0.2) is 0 Å². The van der Waals surface area contributed by atoms with Crippen LogP contribution in [0.2, 0.25) is 0 Å². The Labute approximate surface area is 102 Å². The molecule has 2 unspecified atom stereocenters. The third-order valence-corrected chi connectivity index (χ3v) is 3.03. The van der Waals surface area contributed by atoms with E-state index >= 15 is 0 Å². The molecule has 0 radical (unpaired) electrons. The Morgan fingerprint density at radius 2 is 2.38 bits per heavy atom. The zero-order valence-electron chi connectivity index (χ0n) is 9.57. The third kappa shape index (κ3) is 4.19. The molecule has 16 heavy (non-hydrogen) atoms. The van der Waals surface area contributed by atoms with Gasteiger partial charge >= 0.3 is 0 Å². The lowest BCUT2D eigenvalue weighted by atomic mass is 10.2. The average molecular weight is 238 g/mol. The molecule has 3 nitrogen and oxygen atoms in total. The molecule has 0 aromatic heterocycles. The summed E-state index contributed by atoms with van der Waals surface area (Å²) in [5.74, 6) is 0.389. The van der Waals surface area contributed by atoms with E-state index in [1.807, 2.05) is 0 Å². The smallest absolute Gasteiger partial charge is 0.146 e. The van der Waals surface area contributed by atoms with Gasteiger partial charge in [-0.15, -0.1) is 0 Å². The number of hydrogen-bond donors (Lipinski definition) is 2. The maximum absolute atomic E-state index is 9.65. The Morgan fingerprint density at radius 1 is 1.62 bits per heavy atom. The fraction of sp³-hybridized carbons (Fsp3) is 0.667. The fourth-order valence-electron chi connectivity index (χ4n) is 1.49. The van der Waals surface area contributed by atoms with E-state index in [-0.39, 0.29) is 17.6 Å². The number of unbranched alkanes of at least 4 members (excludes halogenated alkanes) is 2. The van der Waals surface area contributed by atoms with E-state index in [2.05, 4.69) is 18.3 Å². The van der Waals surface area contributed by atoms with Crippen LogP contribution in [-0.4, -0.2) is 16.6 Å². The van der Waals surface area contributed by atoms with E-state index in [0.29, 0.717) is 4.99 Å².